The van der Waals surface area contributed by atoms with Crippen molar-refractivity contribution in [2.24, 2.45) is 5.92 Å². The van der Waals surface area contributed by atoms with E-state index in [9.17, 15) is 4.79 Å². The van der Waals surface area contributed by atoms with Gasteiger partial charge >= 0.3 is 0 Å². The Kier molecular flexibility index (Phi) is 5.15. The zero-order chi connectivity index (χ0) is 19.8. The van der Waals surface area contributed by atoms with Crippen molar-refractivity contribution in [2.75, 3.05) is 26.2 Å². The number of carbonyl (C=O) groups excluding carboxylic acids is 1. The summed E-state index contributed by atoms with van der Waals surface area (Å²) in [6, 6.07) is 10.9. The van der Waals surface area contributed by atoms with E-state index >= 15 is 0 Å². The summed E-state index contributed by atoms with van der Waals surface area (Å²) in [7, 11) is 0. The molecule has 1 N–H and O–H groups in total. The van der Waals surface area contributed by atoms with Crippen LogP contribution in [0.2, 0.25) is 0 Å². The van der Waals surface area contributed by atoms with Gasteiger partial charge in [-0.25, -0.2) is 0 Å². The number of carbonyl (C=O) groups is 1. The number of rotatable bonds is 5. The minimum atomic E-state index is -0.0884. The SMILES string of the molecule is CC1=CC2NC3C(=O)N(CCC4CCN(Cc5ccccc5)CC4)CC3=C2C=C1. The Morgan fingerprint density at radius 1 is 1.10 bits per heavy atom. The summed E-state index contributed by atoms with van der Waals surface area (Å²) in [5.74, 6) is 1.02. The van der Waals surface area contributed by atoms with Crippen molar-refractivity contribution in [1.82, 2.24) is 15.1 Å². The van der Waals surface area contributed by atoms with Gasteiger partial charge in [-0.2, -0.15) is 0 Å². The van der Waals surface area contributed by atoms with Gasteiger partial charge in [0.2, 0.25) is 5.91 Å². The third-order valence-electron chi connectivity index (χ3n) is 7.04. The van der Waals surface area contributed by atoms with Crippen LogP contribution in [0.25, 0.3) is 0 Å². The van der Waals surface area contributed by atoms with Crippen LogP contribution < -0.4 is 5.32 Å². The van der Waals surface area contributed by atoms with Gasteiger partial charge in [-0.1, -0.05) is 54.1 Å². The highest BCUT2D eigenvalue weighted by atomic mass is 16.2. The molecule has 2 fully saturated rings. The summed E-state index contributed by atoms with van der Waals surface area (Å²) in [5, 5.41) is 3.53. The second-order valence-corrected chi connectivity index (χ2v) is 9.06. The van der Waals surface area contributed by atoms with Gasteiger partial charge in [0.25, 0.3) is 0 Å². The Hall–Kier alpha value is -2.17. The second-order valence-electron chi connectivity index (χ2n) is 9.06. The fourth-order valence-electron chi connectivity index (χ4n) is 5.30. The average molecular weight is 390 g/mol. The molecule has 1 aliphatic carbocycles. The number of nitrogens with zero attached hydrogens (tertiary/aromatic N) is 2. The lowest BCUT2D eigenvalue weighted by molar-refractivity contribution is -0.129. The summed E-state index contributed by atoms with van der Waals surface area (Å²) in [4.78, 5) is 17.6. The molecular formula is C25H31N3O. The molecule has 0 aromatic heterocycles. The Bertz CT molecular complexity index is 861. The number of nitrogens with one attached hydrogen (secondary N) is 1. The minimum absolute atomic E-state index is 0.0884. The molecule has 4 aliphatic rings. The highest BCUT2D eigenvalue weighted by Gasteiger charge is 2.43. The van der Waals surface area contributed by atoms with E-state index < -0.39 is 0 Å². The van der Waals surface area contributed by atoms with Gasteiger partial charge in [0, 0.05) is 19.6 Å². The normalized spacial score (nSPS) is 27.4. The molecule has 4 heteroatoms. The molecule has 1 aromatic carbocycles. The van der Waals surface area contributed by atoms with Gasteiger partial charge in [-0.05, 0) is 61.9 Å². The number of hydrogen-bond donors (Lipinski definition) is 1. The zero-order valence-electron chi connectivity index (χ0n) is 17.3. The Labute approximate surface area is 174 Å². The number of allylic oxidation sites excluding steroid dienone is 2. The van der Waals surface area contributed by atoms with Crippen LogP contribution in [0.4, 0.5) is 0 Å². The van der Waals surface area contributed by atoms with Crippen molar-refractivity contribution in [3.63, 3.8) is 0 Å². The molecule has 2 unspecified atom stereocenters. The molecule has 4 nitrogen and oxygen atoms in total. The van der Waals surface area contributed by atoms with E-state index in [1.165, 1.54) is 48.2 Å². The van der Waals surface area contributed by atoms with Crippen molar-refractivity contribution in [2.45, 2.75) is 44.8 Å². The Morgan fingerprint density at radius 3 is 2.69 bits per heavy atom. The lowest BCUT2D eigenvalue weighted by Gasteiger charge is -2.32. The third-order valence-corrected chi connectivity index (χ3v) is 7.04. The summed E-state index contributed by atoms with van der Waals surface area (Å²) < 4.78 is 0. The predicted molar refractivity (Wildman–Crippen MR) is 116 cm³/mol. The molecule has 1 aromatic rings. The van der Waals surface area contributed by atoms with Crippen molar-refractivity contribution in [3.8, 4) is 0 Å². The first kappa shape index (κ1) is 18.8. The van der Waals surface area contributed by atoms with Crippen LogP contribution in [0.15, 0.2) is 65.3 Å². The molecule has 3 aliphatic heterocycles. The quantitative estimate of drug-likeness (QED) is 0.839. The van der Waals surface area contributed by atoms with Crippen molar-refractivity contribution in [1.29, 1.82) is 0 Å². The minimum Gasteiger partial charge on any atom is -0.337 e. The zero-order valence-corrected chi connectivity index (χ0v) is 17.3. The Balaban J connectivity index is 1.11. The second kappa shape index (κ2) is 7.92. The first-order chi connectivity index (χ1) is 14.2. The maximum absolute atomic E-state index is 12.9. The molecular weight excluding hydrogens is 358 g/mol. The van der Waals surface area contributed by atoms with Crippen molar-refractivity contribution >= 4 is 5.91 Å². The number of benzene rings is 1. The van der Waals surface area contributed by atoms with Gasteiger partial charge in [0.15, 0.2) is 0 Å². The summed E-state index contributed by atoms with van der Waals surface area (Å²) in [5.41, 5.74) is 5.31. The highest BCUT2D eigenvalue weighted by Crippen LogP contribution is 2.34. The van der Waals surface area contributed by atoms with Crippen LogP contribution in [-0.4, -0.2) is 54.0 Å². The fourth-order valence-corrected chi connectivity index (χ4v) is 5.30. The average Bonchev–Trinajstić information content (AvgIpc) is 3.24. The van der Waals surface area contributed by atoms with Gasteiger partial charge in [0.05, 0.1) is 6.04 Å². The van der Waals surface area contributed by atoms with Crippen LogP contribution >= 0.6 is 0 Å². The smallest absolute Gasteiger partial charge is 0.244 e. The largest absolute Gasteiger partial charge is 0.337 e. The highest BCUT2D eigenvalue weighted by molar-refractivity contribution is 5.90. The van der Waals surface area contributed by atoms with Gasteiger partial charge in [-0.15, -0.1) is 0 Å². The summed E-state index contributed by atoms with van der Waals surface area (Å²) in [6.07, 6.45) is 10.2. The van der Waals surface area contributed by atoms with Crippen molar-refractivity contribution in [3.05, 3.63) is 70.8 Å². The lowest BCUT2D eigenvalue weighted by atomic mass is 9.93. The molecule has 152 valence electrons. The number of amides is 1. The van der Waals surface area contributed by atoms with Crippen molar-refractivity contribution < 1.29 is 4.79 Å². The van der Waals surface area contributed by atoms with Crippen LogP contribution in [-0.2, 0) is 11.3 Å². The number of likely N-dealkylation sites (tertiary alicyclic amines) is 2. The lowest BCUT2D eigenvalue weighted by Crippen LogP contribution is -2.41. The van der Waals surface area contributed by atoms with Crippen LogP contribution in [0.3, 0.4) is 0 Å². The van der Waals surface area contributed by atoms with Gasteiger partial charge in [0.1, 0.15) is 6.04 Å². The molecule has 3 heterocycles. The molecule has 0 spiro atoms. The predicted octanol–water partition coefficient (Wildman–Crippen LogP) is 3.28. The first-order valence-corrected chi connectivity index (χ1v) is 11.1. The molecule has 29 heavy (non-hydrogen) atoms. The summed E-state index contributed by atoms with van der Waals surface area (Å²) in [6.45, 7) is 7.24. The molecule has 5 rings (SSSR count). The maximum Gasteiger partial charge on any atom is 0.244 e. The number of fused-ring (bicyclic) bond motifs is 2. The molecule has 0 radical (unpaired) electrons. The topological polar surface area (TPSA) is 35.6 Å². The van der Waals surface area contributed by atoms with E-state index in [0.29, 0.717) is 0 Å². The third kappa shape index (κ3) is 3.84. The number of hydrogen-bond acceptors (Lipinski definition) is 3. The van der Waals surface area contributed by atoms with Gasteiger partial charge in [-0.3, -0.25) is 15.0 Å². The van der Waals surface area contributed by atoms with Crippen LogP contribution in [0.5, 0.6) is 0 Å². The van der Waals surface area contributed by atoms with E-state index in [-0.39, 0.29) is 18.0 Å². The summed E-state index contributed by atoms with van der Waals surface area (Å²) >= 11 is 0. The van der Waals surface area contributed by atoms with E-state index in [4.69, 9.17) is 0 Å². The monoisotopic (exact) mass is 389 g/mol. The number of piperidine rings is 1. The Morgan fingerprint density at radius 2 is 1.90 bits per heavy atom. The van der Waals surface area contributed by atoms with E-state index in [2.05, 4.69) is 70.6 Å². The van der Waals surface area contributed by atoms with Crippen LogP contribution in [0.1, 0.15) is 31.7 Å². The maximum atomic E-state index is 12.9. The van der Waals surface area contributed by atoms with Gasteiger partial charge < -0.3 is 4.90 Å². The fraction of sp³-hybridized carbons (Fsp3) is 0.480. The molecule has 1 amide bonds. The molecule has 0 saturated carbocycles. The first-order valence-electron chi connectivity index (χ1n) is 11.1. The standard InChI is InChI=1S/C25H31N3O/c1-18-7-8-21-22-17-28(25(29)24(22)26-23(21)15-18)14-11-19-9-12-27(13-10-19)16-20-5-3-2-4-6-20/h2-8,15,19,23-24,26H,9-14,16-17H2,1H3. The van der Waals surface area contributed by atoms with E-state index in [1.54, 1.807) is 0 Å². The van der Waals surface area contributed by atoms with Crippen LogP contribution in [0, 0.1) is 5.92 Å². The molecule has 2 saturated heterocycles. The molecule has 0 bridgehead atoms. The van der Waals surface area contributed by atoms with E-state index in [0.717, 1.165) is 32.0 Å². The molecule has 2 atom stereocenters. The van der Waals surface area contributed by atoms with E-state index in [1.807, 2.05) is 0 Å².